The number of esters is 5. The van der Waals surface area contributed by atoms with Crippen molar-refractivity contribution in [3.8, 4) is 0 Å². The number of halogens is 4. The van der Waals surface area contributed by atoms with Gasteiger partial charge in [0, 0.05) is 57.3 Å². The second-order valence-electron chi connectivity index (χ2n) is 30.5. The Labute approximate surface area is 621 Å². The number of hydrogen-bond acceptors (Lipinski definition) is 14. The normalized spacial score (nSPS) is 28.6. The van der Waals surface area contributed by atoms with Crippen molar-refractivity contribution in [1.82, 2.24) is 0 Å². The Morgan fingerprint density at radius 3 is 1.38 bits per heavy atom. The maximum atomic E-state index is 13.9. The van der Waals surface area contributed by atoms with Gasteiger partial charge in [-0.15, -0.1) is 0 Å². The maximum absolute atomic E-state index is 13.9. The fourth-order valence-electron chi connectivity index (χ4n) is 18.7. The Morgan fingerprint density at radius 2 is 0.981 bits per heavy atom. The molecular formula is C84H99F4O14S3+. The van der Waals surface area contributed by atoms with Crippen LogP contribution in [0.2, 0.25) is 0 Å². The van der Waals surface area contributed by atoms with Gasteiger partial charge in [-0.05, 0) is 211 Å². The molecule has 8 saturated carbocycles. The fraction of sp³-hybridized carbons (Fsp3) is 0.500. The predicted octanol–water partition coefficient (Wildman–Crippen LogP) is 17.7. The van der Waals surface area contributed by atoms with Crippen molar-refractivity contribution in [2.24, 2.45) is 69.5 Å². The Kier molecular flexibility index (Phi) is 25.9. The van der Waals surface area contributed by atoms with E-state index in [2.05, 4.69) is 201 Å². The minimum absolute atomic E-state index is 0.0125. The monoisotopic (exact) mass is 1500 g/mol. The quantitative estimate of drug-likeness (QED) is 0.0243. The lowest BCUT2D eigenvalue weighted by Gasteiger charge is -2.64. The highest BCUT2D eigenvalue weighted by Gasteiger charge is 2.68. The first-order valence-electron chi connectivity index (χ1n) is 36.7. The average Bonchev–Trinajstić information content (AvgIpc) is 1.65. The van der Waals surface area contributed by atoms with Crippen LogP contribution in [-0.4, -0.2) is 90.3 Å². The van der Waals surface area contributed by atoms with Crippen LogP contribution in [0, 0.1) is 69.5 Å². The summed E-state index contributed by atoms with van der Waals surface area (Å²) in [5.74, 6) is -5.14. The zero-order valence-electron chi connectivity index (χ0n) is 61.3. The number of Topliss-reactive ketones (excluding diaryl/α,β-unsaturated/α-hetero) is 1. The molecule has 6 aromatic carbocycles. The van der Waals surface area contributed by atoms with Crippen LogP contribution in [0.3, 0.4) is 0 Å². The van der Waals surface area contributed by atoms with Crippen LogP contribution in [0.25, 0.3) is 0 Å². The third kappa shape index (κ3) is 18.5. The van der Waals surface area contributed by atoms with E-state index in [4.69, 9.17) is 18.9 Å². The standard InChI is InChI=1S/C33H50F2O11S.2C18H15S.C15H20F2O3/c1-17(8-11-29(39)43-18(2)33(34,35)47(40,41)42)24-9-10-25-30-26(16-28(32(24,25)7)46-21(5)38)31(6)13-12-23(44-19(3)36)14-22(31)15-27(30)45-20(4)37;2*1-4-10-16(11-5-1)19(17-12-6-2-7-13-17)18-14-8-3-9-15-18;1-8(14(2,16)17)20-13(19)15-5-9-3-10(6-15)12(18)11(4-9)7-15/h17-18,22-28,30H,8-16H2,1-7H3,(H,40,41,42);2*1-15H;8-11H,3-7H2,1-2H3/q;2*+1;/p-1/t17?,18?,22-,23+,24+,25-,26-,27+,28-,30-,31-,32+;;;/m0.../s1. The summed E-state index contributed by atoms with van der Waals surface area (Å²) >= 11 is 0. The number of rotatable bonds is 19. The zero-order valence-corrected chi connectivity index (χ0v) is 63.7. The van der Waals surface area contributed by atoms with Crippen molar-refractivity contribution in [3.63, 3.8) is 0 Å². The molecule has 564 valence electrons. The van der Waals surface area contributed by atoms with Gasteiger partial charge >= 0.3 is 35.1 Å². The molecule has 5 unspecified atom stereocenters. The fourth-order valence-corrected chi connectivity index (χ4v) is 23.4. The van der Waals surface area contributed by atoms with Gasteiger partial charge in [-0.2, -0.15) is 8.78 Å². The number of fused-ring (bicyclic) bond motifs is 5. The number of hydrogen-bond donors (Lipinski definition) is 0. The molecule has 105 heavy (non-hydrogen) atoms. The molecular weight excluding hydrogens is 1410 g/mol. The van der Waals surface area contributed by atoms with Gasteiger partial charge in [0.25, 0.3) is 5.92 Å². The van der Waals surface area contributed by atoms with Crippen molar-refractivity contribution in [2.45, 2.75) is 223 Å². The lowest BCUT2D eigenvalue weighted by atomic mass is 9.43. The van der Waals surface area contributed by atoms with E-state index >= 15 is 0 Å². The Hall–Kier alpha value is -7.33. The van der Waals surface area contributed by atoms with Crippen molar-refractivity contribution in [1.29, 1.82) is 0 Å². The molecule has 8 aliphatic carbocycles. The molecule has 21 heteroatoms. The molecule has 14 rings (SSSR count). The summed E-state index contributed by atoms with van der Waals surface area (Å²) in [7, 11) is -6.05. The highest BCUT2D eigenvalue weighted by Crippen LogP contribution is 2.70. The largest absolute Gasteiger partial charge is 0.743 e. The van der Waals surface area contributed by atoms with Crippen LogP contribution in [0.15, 0.2) is 211 Å². The molecule has 6 aromatic rings. The summed E-state index contributed by atoms with van der Waals surface area (Å²) in [5, 5.41) is -4.76. The molecule has 0 aliphatic heterocycles. The van der Waals surface area contributed by atoms with Gasteiger partial charge in [0.1, 0.15) is 24.1 Å². The van der Waals surface area contributed by atoms with Crippen molar-refractivity contribution in [2.75, 3.05) is 0 Å². The number of carbonyl (C=O) groups excluding carboxylic acids is 6. The molecule has 8 fully saturated rings. The number of alkyl halides is 4. The Balaban J connectivity index is 0.000000167. The molecule has 14 nitrogen and oxygen atoms in total. The second kappa shape index (κ2) is 33.9. The van der Waals surface area contributed by atoms with Crippen molar-refractivity contribution in [3.05, 3.63) is 182 Å². The zero-order chi connectivity index (χ0) is 75.8. The predicted molar refractivity (Wildman–Crippen MR) is 391 cm³/mol. The molecule has 0 N–H and O–H groups in total. The Bertz CT molecular complexity index is 3720. The molecule has 0 aromatic heterocycles. The van der Waals surface area contributed by atoms with E-state index in [1.165, 1.54) is 57.1 Å². The third-order valence-corrected chi connectivity index (χ3v) is 29.1. The molecule has 0 spiro atoms. The topological polar surface area (TPSA) is 206 Å². The first-order chi connectivity index (χ1) is 49.7. The van der Waals surface area contributed by atoms with Crippen LogP contribution in [0.1, 0.15) is 152 Å². The van der Waals surface area contributed by atoms with E-state index in [9.17, 15) is 59.3 Å². The van der Waals surface area contributed by atoms with Gasteiger partial charge in [0.15, 0.2) is 51.7 Å². The summed E-state index contributed by atoms with van der Waals surface area (Å²) in [6.07, 6.45) is 3.38. The average molecular weight is 1500 g/mol. The summed E-state index contributed by atoms with van der Waals surface area (Å²) < 4.78 is 114. The highest BCUT2D eigenvalue weighted by atomic mass is 32.2. The van der Waals surface area contributed by atoms with E-state index in [1.807, 2.05) is 6.92 Å². The van der Waals surface area contributed by atoms with Crippen molar-refractivity contribution >= 4 is 67.5 Å². The molecule has 0 amide bonds. The van der Waals surface area contributed by atoms with E-state index in [0.29, 0.717) is 51.4 Å². The van der Waals surface area contributed by atoms with E-state index < -0.39 is 68.3 Å². The van der Waals surface area contributed by atoms with Gasteiger partial charge in [0.2, 0.25) is 0 Å². The first-order valence-corrected chi connectivity index (χ1v) is 40.6. The summed E-state index contributed by atoms with van der Waals surface area (Å²) in [5.41, 5.74) is -1.39. The van der Waals surface area contributed by atoms with Crippen LogP contribution in [-0.2, 0) is 84.4 Å². The van der Waals surface area contributed by atoms with E-state index in [0.717, 1.165) is 45.4 Å². The minimum atomic E-state index is -6.02. The SMILES string of the molecule is CC(=O)O[C@@H]1CC[C@@]2(C)[C@@H](C1)C[C@@H](OC(C)=O)[C@@H]1[C@@H]2C[C@H](OC(C)=O)[C@]2(C)[C@@H](C(C)CCC(=O)OC(C)C(F)(F)S(=O)(=O)[O-])CC[C@@H]12.CC(OC(=O)C12CC3CC(C1)C(=O)C(C3)C2)C(C)(F)F.c1ccc([S+](c2ccccc2)c2ccccc2)cc1.c1ccc([S+](c2ccccc2)c2ccccc2)cc1. The molecule has 0 heterocycles. The van der Waals surface area contributed by atoms with Crippen LogP contribution in [0.4, 0.5) is 17.6 Å². The maximum Gasteiger partial charge on any atom is 0.369 e. The van der Waals surface area contributed by atoms with E-state index in [-0.39, 0.29) is 117 Å². The number of carbonyl (C=O) groups is 6. The smallest absolute Gasteiger partial charge is 0.369 e. The molecule has 0 radical (unpaired) electrons. The van der Waals surface area contributed by atoms with Gasteiger partial charge in [-0.3, -0.25) is 28.8 Å². The lowest BCUT2D eigenvalue weighted by molar-refractivity contribution is -0.224. The third-order valence-electron chi connectivity index (χ3n) is 23.6. The Morgan fingerprint density at radius 1 is 0.552 bits per heavy atom. The molecule has 15 atom stereocenters. The minimum Gasteiger partial charge on any atom is -0.743 e. The van der Waals surface area contributed by atoms with Crippen molar-refractivity contribution < 1.29 is 83.0 Å². The number of ether oxygens (including phenoxy) is 5. The van der Waals surface area contributed by atoms with E-state index in [1.54, 1.807) is 0 Å². The van der Waals surface area contributed by atoms with Gasteiger partial charge < -0.3 is 28.2 Å². The van der Waals surface area contributed by atoms with Gasteiger partial charge in [0.05, 0.1) is 27.2 Å². The molecule has 4 bridgehead atoms. The molecule has 0 saturated heterocycles. The van der Waals surface area contributed by atoms with Crippen LogP contribution >= 0.6 is 0 Å². The number of ketones is 1. The lowest BCUT2D eigenvalue weighted by Crippen LogP contribution is -2.63. The summed E-state index contributed by atoms with van der Waals surface area (Å²) in [6, 6.07) is 64.3. The first kappa shape index (κ1) is 80.2. The van der Waals surface area contributed by atoms with Gasteiger partial charge in [-0.1, -0.05) is 130 Å². The number of benzene rings is 6. The summed E-state index contributed by atoms with van der Waals surface area (Å²) in [4.78, 5) is 81.8. The van der Waals surface area contributed by atoms with Crippen LogP contribution < -0.4 is 0 Å². The highest BCUT2D eigenvalue weighted by molar-refractivity contribution is 7.97. The van der Waals surface area contributed by atoms with Gasteiger partial charge in [-0.25, -0.2) is 17.2 Å². The molecule has 8 aliphatic rings. The second-order valence-corrected chi connectivity index (χ2v) is 36.0. The summed E-state index contributed by atoms with van der Waals surface area (Å²) in [6.45, 7) is 13.1. The van der Waals surface area contributed by atoms with Crippen LogP contribution in [0.5, 0.6) is 0 Å².